The number of hydrogen-bond acceptors (Lipinski definition) is 3. The summed E-state index contributed by atoms with van der Waals surface area (Å²) in [4.78, 5) is 2.59. The summed E-state index contributed by atoms with van der Waals surface area (Å²) in [5.74, 6) is 0. The number of nitriles is 1. The van der Waals surface area contributed by atoms with Gasteiger partial charge in [-0.3, -0.25) is 4.90 Å². The van der Waals surface area contributed by atoms with Gasteiger partial charge in [-0.2, -0.15) is 5.26 Å². The van der Waals surface area contributed by atoms with Gasteiger partial charge in [0.15, 0.2) is 0 Å². The Morgan fingerprint density at radius 3 is 2.71 bits per heavy atom. The zero-order valence-corrected chi connectivity index (χ0v) is 9.95. The molecular formula is C14H17N3. The van der Waals surface area contributed by atoms with E-state index in [1.807, 2.05) is 6.07 Å². The lowest BCUT2D eigenvalue weighted by molar-refractivity contribution is 0.178. The van der Waals surface area contributed by atoms with E-state index in [2.05, 4.69) is 28.4 Å². The Kier molecular flexibility index (Phi) is 2.84. The van der Waals surface area contributed by atoms with Crippen molar-refractivity contribution in [2.75, 3.05) is 26.2 Å². The Morgan fingerprint density at radius 1 is 1.18 bits per heavy atom. The second kappa shape index (κ2) is 4.48. The number of fused-ring (bicyclic) bond motifs is 1. The highest BCUT2D eigenvalue weighted by Gasteiger charge is 2.27. The monoisotopic (exact) mass is 227 g/mol. The van der Waals surface area contributed by atoms with Gasteiger partial charge in [0.2, 0.25) is 0 Å². The van der Waals surface area contributed by atoms with E-state index in [1.165, 1.54) is 11.1 Å². The van der Waals surface area contributed by atoms with Crippen molar-refractivity contribution in [3.05, 3.63) is 34.9 Å². The first-order valence-electron chi connectivity index (χ1n) is 6.33. The van der Waals surface area contributed by atoms with Gasteiger partial charge in [-0.15, -0.1) is 0 Å². The third kappa shape index (κ3) is 2.06. The van der Waals surface area contributed by atoms with Crippen molar-refractivity contribution < 1.29 is 0 Å². The van der Waals surface area contributed by atoms with E-state index < -0.39 is 0 Å². The summed E-state index contributed by atoms with van der Waals surface area (Å²) in [7, 11) is 0. The number of benzene rings is 1. The summed E-state index contributed by atoms with van der Waals surface area (Å²) < 4.78 is 0. The zero-order chi connectivity index (χ0) is 11.7. The van der Waals surface area contributed by atoms with Crippen molar-refractivity contribution in [3.63, 3.8) is 0 Å². The van der Waals surface area contributed by atoms with Crippen molar-refractivity contribution in [3.8, 4) is 6.07 Å². The van der Waals surface area contributed by atoms with Crippen LogP contribution >= 0.6 is 0 Å². The van der Waals surface area contributed by atoms with Crippen LogP contribution in [0.2, 0.25) is 0 Å². The van der Waals surface area contributed by atoms with Crippen LogP contribution in [0.5, 0.6) is 0 Å². The quantitative estimate of drug-likeness (QED) is 0.776. The Bertz CT molecular complexity index is 455. The first kappa shape index (κ1) is 10.8. The molecule has 3 nitrogen and oxygen atoms in total. The Hall–Kier alpha value is -1.37. The molecule has 3 rings (SSSR count). The Labute approximate surface area is 102 Å². The van der Waals surface area contributed by atoms with Gasteiger partial charge in [0.25, 0.3) is 0 Å². The molecule has 0 aromatic heterocycles. The van der Waals surface area contributed by atoms with Crippen LogP contribution in [0.4, 0.5) is 0 Å². The number of hydrogen-bond donors (Lipinski definition) is 1. The van der Waals surface area contributed by atoms with Crippen molar-refractivity contribution in [2.45, 2.75) is 18.9 Å². The lowest BCUT2D eigenvalue weighted by atomic mass is 10.1. The molecule has 1 saturated heterocycles. The fourth-order valence-corrected chi connectivity index (χ4v) is 2.97. The van der Waals surface area contributed by atoms with E-state index in [0.717, 1.165) is 44.6 Å². The van der Waals surface area contributed by atoms with Gasteiger partial charge in [-0.1, -0.05) is 6.07 Å². The highest BCUT2D eigenvalue weighted by molar-refractivity contribution is 5.41. The molecule has 0 spiro atoms. The van der Waals surface area contributed by atoms with Gasteiger partial charge in [0.1, 0.15) is 0 Å². The predicted molar refractivity (Wildman–Crippen MR) is 66.8 cm³/mol. The van der Waals surface area contributed by atoms with Crippen LogP contribution in [0.15, 0.2) is 18.2 Å². The maximum absolute atomic E-state index is 8.91. The molecule has 1 heterocycles. The normalized spacial score (nSPS) is 24.3. The fourth-order valence-electron chi connectivity index (χ4n) is 2.97. The molecule has 0 amide bonds. The minimum absolute atomic E-state index is 0.654. The van der Waals surface area contributed by atoms with Crippen molar-refractivity contribution in [1.29, 1.82) is 5.26 Å². The number of nitrogens with zero attached hydrogens (tertiary/aromatic N) is 2. The van der Waals surface area contributed by atoms with Crippen LogP contribution in [0, 0.1) is 11.3 Å². The molecule has 1 aromatic carbocycles. The van der Waals surface area contributed by atoms with E-state index in [4.69, 9.17) is 5.26 Å². The highest BCUT2D eigenvalue weighted by atomic mass is 15.2. The largest absolute Gasteiger partial charge is 0.314 e. The molecule has 1 atom stereocenters. The van der Waals surface area contributed by atoms with Crippen LogP contribution < -0.4 is 5.32 Å². The molecule has 0 unspecified atom stereocenters. The second-order valence-electron chi connectivity index (χ2n) is 4.94. The molecule has 1 N–H and O–H groups in total. The average Bonchev–Trinajstić information content (AvgIpc) is 2.82. The van der Waals surface area contributed by atoms with Gasteiger partial charge in [0, 0.05) is 32.2 Å². The molecular weight excluding hydrogens is 210 g/mol. The van der Waals surface area contributed by atoms with E-state index in [0.29, 0.717) is 6.04 Å². The smallest absolute Gasteiger partial charge is 0.0991 e. The second-order valence-corrected chi connectivity index (χ2v) is 4.94. The molecule has 0 radical (unpaired) electrons. The number of piperazine rings is 1. The number of rotatable bonds is 1. The van der Waals surface area contributed by atoms with Gasteiger partial charge < -0.3 is 5.32 Å². The minimum Gasteiger partial charge on any atom is -0.314 e. The van der Waals surface area contributed by atoms with Crippen molar-refractivity contribution in [2.24, 2.45) is 0 Å². The molecule has 0 saturated carbocycles. The molecule has 1 aliphatic carbocycles. The van der Waals surface area contributed by atoms with Gasteiger partial charge in [-0.25, -0.2) is 0 Å². The van der Waals surface area contributed by atoms with Crippen LogP contribution in [-0.4, -0.2) is 37.1 Å². The maximum atomic E-state index is 8.91. The third-order valence-corrected chi connectivity index (χ3v) is 3.91. The topological polar surface area (TPSA) is 39.1 Å². The molecule has 2 aliphatic rings. The standard InChI is InChI=1S/C14H17N3/c15-10-11-1-2-12-8-14(9-13(12)7-11)17-5-3-16-4-6-17/h1-2,7,14,16H,3-6,8-9H2/t14-/m0/s1. The van der Waals surface area contributed by atoms with Gasteiger partial charge in [-0.05, 0) is 36.1 Å². The summed E-state index contributed by atoms with van der Waals surface area (Å²) in [5.41, 5.74) is 3.62. The lowest BCUT2D eigenvalue weighted by Gasteiger charge is -2.32. The van der Waals surface area contributed by atoms with E-state index in [-0.39, 0.29) is 0 Å². The summed E-state index contributed by atoms with van der Waals surface area (Å²) >= 11 is 0. The summed E-state index contributed by atoms with van der Waals surface area (Å²) in [5, 5.41) is 12.3. The summed E-state index contributed by atoms with van der Waals surface area (Å²) in [6.45, 7) is 4.53. The van der Waals surface area contributed by atoms with Crippen LogP contribution in [0.25, 0.3) is 0 Å². The molecule has 1 aromatic rings. The number of nitrogens with one attached hydrogen (secondary N) is 1. The van der Waals surface area contributed by atoms with Crippen LogP contribution in [0.1, 0.15) is 16.7 Å². The molecule has 1 fully saturated rings. The molecule has 17 heavy (non-hydrogen) atoms. The van der Waals surface area contributed by atoms with Gasteiger partial charge >= 0.3 is 0 Å². The zero-order valence-electron chi connectivity index (χ0n) is 9.95. The summed E-state index contributed by atoms with van der Waals surface area (Å²) in [6.07, 6.45) is 2.27. The Balaban J connectivity index is 1.76. The molecule has 88 valence electrons. The van der Waals surface area contributed by atoms with Crippen LogP contribution in [0.3, 0.4) is 0 Å². The first-order valence-corrected chi connectivity index (χ1v) is 6.33. The predicted octanol–water partition coefficient (Wildman–Crippen LogP) is 0.931. The fraction of sp³-hybridized carbons (Fsp3) is 0.500. The molecule has 3 heteroatoms. The molecule has 1 aliphatic heterocycles. The highest BCUT2D eigenvalue weighted by Crippen LogP contribution is 2.26. The lowest BCUT2D eigenvalue weighted by Crippen LogP contribution is -2.48. The van der Waals surface area contributed by atoms with E-state index >= 15 is 0 Å². The van der Waals surface area contributed by atoms with E-state index in [9.17, 15) is 0 Å². The van der Waals surface area contributed by atoms with E-state index in [1.54, 1.807) is 0 Å². The van der Waals surface area contributed by atoms with Crippen molar-refractivity contribution in [1.82, 2.24) is 10.2 Å². The maximum Gasteiger partial charge on any atom is 0.0991 e. The summed E-state index contributed by atoms with van der Waals surface area (Å²) in [6, 6.07) is 9.03. The third-order valence-electron chi connectivity index (χ3n) is 3.91. The Morgan fingerprint density at radius 2 is 1.94 bits per heavy atom. The molecule has 0 bridgehead atoms. The van der Waals surface area contributed by atoms with Crippen LogP contribution in [-0.2, 0) is 12.8 Å². The minimum atomic E-state index is 0.654. The average molecular weight is 227 g/mol. The van der Waals surface area contributed by atoms with Gasteiger partial charge in [0.05, 0.1) is 11.6 Å². The SMILES string of the molecule is N#Cc1ccc2c(c1)C[C@@H](N1CCNCC1)C2. The van der Waals surface area contributed by atoms with Crippen molar-refractivity contribution >= 4 is 0 Å². The first-order chi connectivity index (χ1) is 8.36.